The van der Waals surface area contributed by atoms with E-state index in [4.69, 9.17) is 21.1 Å². The second kappa shape index (κ2) is 9.86. The Morgan fingerprint density at radius 3 is 2.48 bits per heavy atom. The van der Waals surface area contributed by atoms with E-state index in [1.54, 1.807) is 20.3 Å². The molecule has 1 saturated heterocycles. The predicted octanol–water partition coefficient (Wildman–Crippen LogP) is 1.84. The molecule has 2 aromatic carbocycles. The molecule has 0 saturated carbocycles. The van der Waals surface area contributed by atoms with Crippen molar-refractivity contribution in [1.29, 1.82) is 0 Å². The largest absolute Gasteiger partial charge is 0.493 e. The highest BCUT2D eigenvalue weighted by Crippen LogP contribution is 2.28. The molecule has 8 nitrogen and oxygen atoms in total. The Morgan fingerprint density at radius 1 is 1.16 bits per heavy atom. The van der Waals surface area contributed by atoms with Gasteiger partial charge in [0.2, 0.25) is 15.9 Å². The van der Waals surface area contributed by atoms with Gasteiger partial charge in [-0.15, -0.1) is 0 Å². The summed E-state index contributed by atoms with van der Waals surface area (Å²) in [5, 5.41) is 13.2. The van der Waals surface area contributed by atoms with Crippen LogP contribution in [-0.2, 0) is 21.2 Å². The van der Waals surface area contributed by atoms with Crippen molar-refractivity contribution >= 4 is 27.5 Å². The Labute approximate surface area is 186 Å². The fraction of sp³-hybridized carbons (Fsp3) is 0.381. The van der Waals surface area contributed by atoms with Gasteiger partial charge in [0.15, 0.2) is 11.5 Å². The number of aliphatic hydroxyl groups excluding tert-OH is 1. The zero-order valence-corrected chi connectivity index (χ0v) is 18.8. The predicted molar refractivity (Wildman–Crippen MR) is 116 cm³/mol. The molecule has 0 radical (unpaired) electrons. The SMILES string of the molecule is COc1ccc(CCNC(=O)[C@@H]2C[C@@H](O)CN2S(=O)(=O)c2ccc(Cl)cc2)cc1OC. The van der Waals surface area contributed by atoms with Gasteiger partial charge in [-0.1, -0.05) is 17.7 Å². The molecular weight excluding hydrogens is 444 g/mol. The molecule has 0 bridgehead atoms. The van der Waals surface area contributed by atoms with Crippen LogP contribution in [0.3, 0.4) is 0 Å². The molecule has 1 heterocycles. The van der Waals surface area contributed by atoms with Crippen LogP contribution in [0, 0.1) is 0 Å². The molecule has 2 aromatic rings. The molecule has 0 unspecified atom stereocenters. The third kappa shape index (κ3) is 5.30. The van der Waals surface area contributed by atoms with E-state index in [1.807, 2.05) is 12.1 Å². The van der Waals surface area contributed by atoms with Crippen molar-refractivity contribution in [2.75, 3.05) is 27.3 Å². The Kier molecular flexibility index (Phi) is 7.42. The van der Waals surface area contributed by atoms with Crippen molar-refractivity contribution in [2.45, 2.75) is 29.9 Å². The number of hydrogen-bond donors (Lipinski definition) is 2. The first-order valence-corrected chi connectivity index (χ1v) is 11.5. The maximum atomic E-state index is 13.0. The fourth-order valence-electron chi connectivity index (χ4n) is 3.51. The van der Waals surface area contributed by atoms with Gasteiger partial charge in [-0.25, -0.2) is 8.42 Å². The molecule has 1 aliphatic rings. The minimum atomic E-state index is -3.95. The van der Waals surface area contributed by atoms with Crippen molar-refractivity contribution in [3.8, 4) is 11.5 Å². The summed E-state index contributed by atoms with van der Waals surface area (Å²) in [6, 6.07) is 10.2. The van der Waals surface area contributed by atoms with Crippen LogP contribution in [0.15, 0.2) is 47.4 Å². The zero-order chi connectivity index (χ0) is 22.6. The summed E-state index contributed by atoms with van der Waals surface area (Å²) in [5.41, 5.74) is 0.926. The van der Waals surface area contributed by atoms with Gasteiger partial charge in [0.05, 0.1) is 25.2 Å². The van der Waals surface area contributed by atoms with Gasteiger partial charge in [0, 0.05) is 24.5 Å². The zero-order valence-electron chi connectivity index (χ0n) is 17.2. The maximum absolute atomic E-state index is 13.0. The molecule has 1 fully saturated rings. The molecule has 2 N–H and O–H groups in total. The van der Waals surface area contributed by atoms with Crippen molar-refractivity contribution in [3.05, 3.63) is 53.1 Å². The van der Waals surface area contributed by atoms with Crippen LogP contribution in [-0.4, -0.2) is 63.2 Å². The average Bonchev–Trinajstić information content (AvgIpc) is 3.16. The molecule has 0 aromatic heterocycles. The first-order valence-electron chi connectivity index (χ1n) is 9.70. The van der Waals surface area contributed by atoms with Crippen LogP contribution in [0.1, 0.15) is 12.0 Å². The van der Waals surface area contributed by atoms with E-state index in [0.29, 0.717) is 29.5 Å². The summed E-state index contributed by atoms with van der Waals surface area (Å²) in [6.07, 6.45) is -0.357. The third-order valence-corrected chi connectivity index (χ3v) is 7.26. The number of ether oxygens (including phenoxy) is 2. The summed E-state index contributed by atoms with van der Waals surface area (Å²) in [4.78, 5) is 12.8. The Hall–Kier alpha value is -2.33. The van der Waals surface area contributed by atoms with Gasteiger partial charge in [0.1, 0.15) is 6.04 Å². The highest BCUT2D eigenvalue weighted by atomic mass is 35.5. The number of sulfonamides is 1. The number of rotatable bonds is 8. The smallest absolute Gasteiger partial charge is 0.243 e. The minimum absolute atomic E-state index is 0.0223. The van der Waals surface area contributed by atoms with E-state index >= 15 is 0 Å². The van der Waals surface area contributed by atoms with Crippen molar-refractivity contribution in [3.63, 3.8) is 0 Å². The molecule has 1 aliphatic heterocycles. The number of nitrogens with zero attached hydrogens (tertiary/aromatic N) is 1. The lowest BCUT2D eigenvalue weighted by Crippen LogP contribution is -2.46. The van der Waals surface area contributed by atoms with Crippen LogP contribution in [0.4, 0.5) is 0 Å². The van der Waals surface area contributed by atoms with Gasteiger partial charge in [-0.3, -0.25) is 4.79 Å². The summed E-state index contributed by atoms with van der Waals surface area (Å²) in [7, 11) is -0.854. The standard InChI is InChI=1S/C21H25ClN2O6S/c1-29-19-8-3-14(11-20(19)30-2)9-10-23-21(26)18-12-16(25)13-24(18)31(27,28)17-6-4-15(22)5-7-17/h3-8,11,16,18,25H,9-10,12-13H2,1-2H3,(H,23,26)/t16-,18+/m1/s1. The van der Waals surface area contributed by atoms with E-state index in [2.05, 4.69) is 5.32 Å². The highest BCUT2D eigenvalue weighted by Gasteiger charge is 2.43. The minimum Gasteiger partial charge on any atom is -0.493 e. The van der Waals surface area contributed by atoms with Crippen LogP contribution in [0.5, 0.6) is 11.5 Å². The lowest BCUT2D eigenvalue weighted by Gasteiger charge is -2.23. The number of hydrogen-bond acceptors (Lipinski definition) is 6. The van der Waals surface area contributed by atoms with Crippen molar-refractivity contribution in [1.82, 2.24) is 9.62 Å². The van der Waals surface area contributed by atoms with Gasteiger partial charge < -0.3 is 19.9 Å². The molecular formula is C21H25ClN2O6S. The summed E-state index contributed by atoms with van der Waals surface area (Å²) >= 11 is 5.84. The maximum Gasteiger partial charge on any atom is 0.243 e. The molecule has 168 valence electrons. The number of halogens is 1. The van der Waals surface area contributed by atoms with Gasteiger partial charge in [-0.2, -0.15) is 4.31 Å². The lowest BCUT2D eigenvalue weighted by atomic mass is 10.1. The lowest BCUT2D eigenvalue weighted by molar-refractivity contribution is -0.124. The van der Waals surface area contributed by atoms with E-state index in [-0.39, 0.29) is 17.9 Å². The van der Waals surface area contributed by atoms with Crippen LogP contribution in [0.2, 0.25) is 5.02 Å². The quantitative estimate of drug-likeness (QED) is 0.612. The Bertz CT molecular complexity index is 1030. The number of β-amino-alcohol motifs (C(OH)–C–C–N with tert-alkyl or cyclic N) is 1. The number of methoxy groups -OCH3 is 2. The normalized spacial score (nSPS) is 19.2. The van der Waals surface area contributed by atoms with Crippen molar-refractivity contribution in [2.24, 2.45) is 0 Å². The summed E-state index contributed by atoms with van der Waals surface area (Å²) < 4.78 is 37.5. The first-order chi connectivity index (χ1) is 14.8. The molecule has 1 amide bonds. The molecule has 3 rings (SSSR count). The number of nitrogens with one attached hydrogen (secondary N) is 1. The Morgan fingerprint density at radius 2 is 1.84 bits per heavy atom. The highest BCUT2D eigenvalue weighted by molar-refractivity contribution is 7.89. The number of amides is 1. The van der Waals surface area contributed by atoms with Crippen LogP contribution in [0.25, 0.3) is 0 Å². The molecule has 0 aliphatic carbocycles. The second-order valence-electron chi connectivity index (χ2n) is 7.16. The number of aliphatic hydroxyl groups is 1. The third-order valence-electron chi connectivity index (χ3n) is 5.12. The summed E-state index contributed by atoms with van der Waals surface area (Å²) in [5.74, 6) is 0.748. The second-order valence-corrected chi connectivity index (χ2v) is 9.49. The summed E-state index contributed by atoms with van der Waals surface area (Å²) in [6.45, 7) is 0.161. The topological polar surface area (TPSA) is 105 Å². The number of carbonyl (C=O) groups is 1. The molecule has 0 spiro atoms. The van der Waals surface area contributed by atoms with Crippen LogP contribution < -0.4 is 14.8 Å². The van der Waals surface area contributed by atoms with E-state index < -0.39 is 28.1 Å². The number of carbonyl (C=O) groups excluding carboxylic acids is 1. The monoisotopic (exact) mass is 468 g/mol. The molecule has 10 heteroatoms. The fourth-order valence-corrected chi connectivity index (χ4v) is 5.28. The average molecular weight is 469 g/mol. The van der Waals surface area contributed by atoms with Gasteiger partial charge in [-0.05, 0) is 48.4 Å². The molecule has 31 heavy (non-hydrogen) atoms. The molecule has 2 atom stereocenters. The van der Waals surface area contributed by atoms with Gasteiger partial charge in [0.25, 0.3) is 0 Å². The van der Waals surface area contributed by atoms with E-state index in [0.717, 1.165) is 9.87 Å². The van der Waals surface area contributed by atoms with Crippen molar-refractivity contribution < 1.29 is 27.8 Å². The first kappa shape index (κ1) is 23.3. The van der Waals surface area contributed by atoms with E-state index in [1.165, 1.54) is 24.3 Å². The Balaban J connectivity index is 1.67. The van der Waals surface area contributed by atoms with E-state index in [9.17, 15) is 18.3 Å². The van der Waals surface area contributed by atoms with Crippen LogP contribution >= 0.6 is 11.6 Å². The number of benzene rings is 2. The van der Waals surface area contributed by atoms with Gasteiger partial charge >= 0.3 is 0 Å².